The number of fused-ring (bicyclic) bond motifs is 12. The van der Waals surface area contributed by atoms with E-state index in [1.807, 2.05) is 12.1 Å². The molecule has 4 aromatic heterocycles. The van der Waals surface area contributed by atoms with Gasteiger partial charge in [-0.3, -0.25) is 0 Å². The fourth-order valence-electron chi connectivity index (χ4n) is 16.2. The van der Waals surface area contributed by atoms with E-state index in [9.17, 15) is 0 Å². The van der Waals surface area contributed by atoms with Crippen LogP contribution in [0.3, 0.4) is 0 Å². The highest BCUT2D eigenvalue weighted by molar-refractivity contribution is 7.10. The number of anilines is 2. The van der Waals surface area contributed by atoms with Crippen LogP contribution in [0.5, 0.6) is 0 Å². The summed E-state index contributed by atoms with van der Waals surface area (Å²) < 4.78 is 9.31. The number of hydrogen-bond acceptors (Lipinski definition) is 1. The summed E-state index contributed by atoms with van der Waals surface area (Å²) in [6.45, 7) is 8.91. The maximum atomic E-state index is 2.44. The van der Waals surface area contributed by atoms with Gasteiger partial charge in [-0.1, -0.05) is 340 Å². The molecule has 0 amide bonds. The molecule has 0 saturated carbocycles. The lowest BCUT2D eigenvalue weighted by molar-refractivity contribution is 1.01. The summed E-state index contributed by atoms with van der Waals surface area (Å²) in [4.78, 5) is 2.17. The minimum absolute atomic E-state index is 1.21. The van der Waals surface area contributed by atoms with Crippen molar-refractivity contribution in [2.75, 3.05) is 11.9 Å². The molecule has 0 bridgehead atoms. The molecule has 0 unspecified atom stereocenters. The monoisotopic (exact) mass is 1490 g/mol. The molecule has 0 N–H and O–H groups in total. The van der Waals surface area contributed by atoms with E-state index >= 15 is 0 Å². The van der Waals surface area contributed by atoms with Gasteiger partial charge in [0.15, 0.2) is 0 Å². The topological polar surface area (TPSA) is 23.0 Å². The molecule has 114 heavy (non-hydrogen) atoms. The highest BCUT2D eigenvalue weighted by Crippen LogP contribution is 2.37. The van der Waals surface area contributed by atoms with Gasteiger partial charge in [0.05, 0.1) is 33.1 Å². The molecule has 0 radical (unpaired) electrons. The van der Waals surface area contributed by atoms with Crippen LogP contribution in [-0.2, 0) is 7.05 Å². The number of aromatic nitrogens is 4. The molecule has 0 fully saturated rings. The minimum atomic E-state index is -1.88. The van der Waals surface area contributed by atoms with Crippen LogP contribution < -0.4 is 20.5 Å². The Hall–Kier alpha value is -14.0. The van der Waals surface area contributed by atoms with Gasteiger partial charge in [-0.15, -0.1) is 0 Å². The van der Waals surface area contributed by atoms with Crippen molar-refractivity contribution in [3.05, 3.63) is 460 Å². The van der Waals surface area contributed by atoms with E-state index in [1.165, 1.54) is 159 Å². The molecule has 0 aliphatic heterocycles. The zero-order valence-electron chi connectivity index (χ0n) is 65.4. The Bertz CT molecular complexity index is 6600. The van der Waals surface area contributed by atoms with E-state index in [0.29, 0.717) is 0 Å². The summed E-state index contributed by atoms with van der Waals surface area (Å²) in [5.74, 6) is 0. The molecule has 5 nitrogen and oxygen atoms in total. The number of aryl methyl sites for hydroxylation is 4. The second-order valence-corrected chi connectivity index (χ2v) is 33.2. The van der Waals surface area contributed by atoms with Gasteiger partial charge in [0.25, 0.3) is 0 Å². The average molecular weight is 1490 g/mol. The smallest absolute Gasteiger partial charge is 0.145 e. The van der Waals surface area contributed by atoms with E-state index in [2.05, 4.69) is 495 Å². The second kappa shape index (κ2) is 34.1. The van der Waals surface area contributed by atoms with E-state index < -0.39 is 8.07 Å². The van der Waals surface area contributed by atoms with Crippen LogP contribution in [0.1, 0.15) is 16.7 Å². The molecular formula is C108H91N5Si. The maximum Gasteiger partial charge on any atom is 0.145 e. The summed E-state index contributed by atoms with van der Waals surface area (Å²) in [7, 11) is 2.33. The van der Waals surface area contributed by atoms with Gasteiger partial charge in [-0.2, -0.15) is 0 Å². The zero-order valence-corrected chi connectivity index (χ0v) is 66.4. The second-order valence-electron chi connectivity index (χ2n) is 29.2. The van der Waals surface area contributed by atoms with E-state index in [1.54, 1.807) is 0 Å². The van der Waals surface area contributed by atoms with Crippen molar-refractivity contribution in [2.24, 2.45) is 7.05 Å². The molecule has 0 spiro atoms. The number of rotatable bonds is 9. The van der Waals surface area contributed by atoms with Crippen molar-refractivity contribution in [3.8, 4) is 28.2 Å². The molecule has 0 atom stereocenters. The van der Waals surface area contributed by atoms with Gasteiger partial charge in [0.1, 0.15) is 8.07 Å². The molecule has 6 heteroatoms. The Morgan fingerprint density at radius 1 is 0.228 bits per heavy atom. The zero-order chi connectivity index (χ0) is 77.7. The molecule has 0 saturated heterocycles. The Kier molecular flexibility index (Phi) is 22.1. The van der Waals surface area contributed by atoms with Crippen LogP contribution >= 0.6 is 0 Å². The molecule has 17 aromatic carbocycles. The predicted molar refractivity (Wildman–Crippen MR) is 493 cm³/mol. The molecule has 21 rings (SSSR count). The highest BCUT2D eigenvalue weighted by Gasteiger charge is 2.33. The first-order chi connectivity index (χ1) is 56.1. The third-order valence-electron chi connectivity index (χ3n) is 22.0. The van der Waals surface area contributed by atoms with E-state index in [0.717, 1.165) is 0 Å². The van der Waals surface area contributed by atoms with Crippen LogP contribution in [0.25, 0.3) is 115 Å². The van der Waals surface area contributed by atoms with Gasteiger partial charge in [-0.25, -0.2) is 0 Å². The molecule has 21 aromatic rings. The third kappa shape index (κ3) is 15.3. The first-order valence-electron chi connectivity index (χ1n) is 39.3. The first-order valence-corrected chi connectivity index (χ1v) is 41.8. The fraction of sp³-hybridized carbons (Fsp3) is 0.0556. The summed E-state index contributed by atoms with van der Waals surface area (Å²) in [5, 5.41) is 14.9. The molecule has 4 heterocycles. The Morgan fingerprint density at radius 2 is 0.544 bits per heavy atom. The summed E-state index contributed by atoms with van der Waals surface area (Å²) in [6.07, 6.45) is 0. The van der Waals surface area contributed by atoms with Crippen molar-refractivity contribution in [2.45, 2.75) is 27.3 Å². The minimum Gasteiger partial charge on any atom is -0.345 e. The standard InChI is InChI=1S/4C19H15N.C19H18Si.C13H13N/c1-14-8-7-12-17-16-11-5-6-13-18(16)20(19(14)17)15-9-3-2-4-10-15;1-20-18-10-6-5-9-16(18)17-13-15(11-12-19(17)20)14-7-3-2-4-8-14;1-14-11-12-19-17(13-14)16-9-5-6-10-18(16)20(19)15-7-3-2-4-8-15;1-14-11-12-17-16-9-5-6-10-18(16)20(19(17)13-14)15-7-3-2-4-8-15;1-20(17-11-5-2-6-12-17,18-13-7-3-8-14-18)19-15-9-4-10-16-19;1-14(12-8-4-2-5-9-12)13-10-6-3-7-11-13/h4*2-13H,1H3;2-16H,1H3;2-11H,1H3. The molecule has 0 aliphatic rings. The SMILES string of the molecule is CN(c1ccccc1)c1ccccc1.C[Si](c1ccccc1)(c1ccccc1)c1ccccc1.Cc1ccc2c(c1)c1ccccc1n2-c1ccccc1.Cc1ccc2c3ccccc3n(-c3ccccc3)c2c1.Cc1cccc2c3ccccc3n(-c3ccccc3)c12.Cn1c2ccccc2c2cc(-c3ccccc3)ccc21. The van der Waals surface area contributed by atoms with Gasteiger partial charge < -0.3 is 23.2 Å². The number of para-hydroxylation sites is 10. The van der Waals surface area contributed by atoms with Crippen LogP contribution in [0.2, 0.25) is 6.55 Å². The fourth-order valence-corrected chi connectivity index (χ4v) is 19.7. The summed E-state index contributed by atoms with van der Waals surface area (Å²) in [6, 6.07) is 157. The van der Waals surface area contributed by atoms with E-state index in [4.69, 9.17) is 0 Å². The summed E-state index contributed by atoms with van der Waals surface area (Å²) >= 11 is 0. The van der Waals surface area contributed by atoms with Crippen LogP contribution in [0.15, 0.2) is 443 Å². The molecule has 0 aliphatic carbocycles. The maximum absolute atomic E-state index is 2.44. The predicted octanol–water partition coefficient (Wildman–Crippen LogP) is 26.5. The van der Waals surface area contributed by atoms with Crippen LogP contribution in [0.4, 0.5) is 11.4 Å². The molecule has 552 valence electrons. The Morgan fingerprint density at radius 3 is 1.04 bits per heavy atom. The average Bonchev–Trinajstić information content (AvgIpc) is 1.59. The lowest BCUT2D eigenvalue weighted by atomic mass is 10.0. The van der Waals surface area contributed by atoms with Crippen molar-refractivity contribution in [1.82, 2.24) is 18.3 Å². The lowest BCUT2D eigenvalue weighted by Gasteiger charge is -2.29. The lowest BCUT2D eigenvalue weighted by Crippen LogP contribution is -2.64. The van der Waals surface area contributed by atoms with Crippen molar-refractivity contribution in [1.29, 1.82) is 0 Å². The van der Waals surface area contributed by atoms with Crippen LogP contribution in [-0.4, -0.2) is 33.4 Å². The third-order valence-corrected chi connectivity index (χ3v) is 26.4. The quantitative estimate of drug-likeness (QED) is 0.104. The van der Waals surface area contributed by atoms with E-state index in [-0.39, 0.29) is 0 Å². The molecular weight excluding hydrogens is 1400 g/mol. The largest absolute Gasteiger partial charge is 0.345 e. The normalized spacial score (nSPS) is 11.1. The Balaban J connectivity index is 0.000000103. The van der Waals surface area contributed by atoms with Gasteiger partial charge in [-0.05, 0) is 174 Å². The summed E-state index contributed by atoms with van der Waals surface area (Å²) in [5.41, 5.74) is 22.7. The number of hydrogen-bond donors (Lipinski definition) is 0. The number of nitrogens with zero attached hydrogens (tertiary/aromatic N) is 5. The highest BCUT2D eigenvalue weighted by atomic mass is 28.3. The van der Waals surface area contributed by atoms with Gasteiger partial charge in [0, 0.05) is 96.7 Å². The van der Waals surface area contributed by atoms with Crippen molar-refractivity contribution in [3.63, 3.8) is 0 Å². The number of benzene rings is 17. The van der Waals surface area contributed by atoms with Gasteiger partial charge >= 0.3 is 0 Å². The van der Waals surface area contributed by atoms with Crippen molar-refractivity contribution >= 4 is 122 Å². The Labute approximate surface area is 670 Å². The van der Waals surface area contributed by atoms with Crippen molar-refractivity contribution < 1.29 is 0 Å². The van der Waals surface area contributed by atoms with Crippen LogP contribution in [0, 0.1) is 20.8 Å². The van der Waals surface area contributed by atoms with Gasteiger partial charge in [0.2, 0.25) is 0 Å². The first kappa shape index (κ1) is 74.1.